The van der Waals surface area contributed by atoms with Crippen molar-refractivity contribution >= 4 is 39.6 Å². The van der Waals surface area contributed by atoms with Gasteiger partial charge in [-0.25, -0.2) is 9.97 Å². The number of H-pyrrole nitrogens is 1. The van der Waals surface area contributed by atoms with Gasteiger partial charge in [0, 0.05) is 44.4 Å². The maximum Gasteiger partial charge on any atom is 0.222 e. The summed E-state index contributed by atoms with van der Waals surface area (Å²) in [6.07, 6.45) is 6.94. The number of halogens is 1. The number of aromatic amines is 1. The number of nitrogens with zero attached hydrogens (tertiary/aromatic N) is 6. The van der Waals surface area contributed by atoms with Crippen LogP contribution in [-0.4, -0.2) is 54.1 Å². The number of aryl methyl sites for hydroxylation is 1. The number of piperidine rings is 1. The predicted octanol–water partition coefficient (Wildman–Crippen LogP) is 4.99. The number of imidazole rings is 1. The largest absolute Gasteiger partial charge is 0.456 e. The van der Waals surface area contributed by atoms with Crippen molar-refractivity contribution in [3.63, 3.8) is 0 Å². The molecular formula is C26H24ClN7O2. The first-order valence-electron chi connectivity index (χ1n) is 11.8. The van der Waals surface area contributed by atoms with Crippen molar-refractivity contribution < 1.29 is 9.53 Å². The Morgan fingerprint density at radius 1 is 1.17 bits per heavy atom. The Balaban J connectivity index is 1.25. The second kappa shape index (κ2) is 8.91. The first kappa shape index (κ1) is 22.5. The summed E-state index contributed by atoms with van der Waals surface area (Å²) < 4.78 is 7.96. The van der Waals surface area contributed by atoms with Crippen molar-refractivity contribution in [2.24, 2.45) is 5.92 Å². The zero-order valence-corrected chi connectivity index (χ0v) is 20.7. The van der Waals surface area contributed by atoms with Crippen LogP contribution in [0.15, 0.2) is 48.9 Å². The average molecular weight is 502 g/mol. The molecule has 36 heavy (non-hydrogen) atoms. The van der Waals surface area contributed by atoms with E-state index in [0.717, 1.165) is 35.4 Å². The Kier molecular flexibility index (Phi) is 5.56. The lowest BCUT2D eigenvalue weighted by molar-refractivity contribution is -0.133. The average Bonchev–Trinajstić information content (AvgIpc) is 3.48. The molecule has 0 spiro atoms. The van der Waals surface area contributed by atoms with E-state index in [1.165, 1.54) is 0 Å². The molecule has 2 aromatic carbocycles. The van der Waals surface area contributed by atoms with E-state index < -0.39 is 0 Å². The molecule has 1 atom stereocenters. The molecule has 1 fully saturated rings. The van der Waals surface area contributed by atoms with Gasteiger partial charge in [0.2, 0.25) is 5.91 Å². The summed E-state index contributed by atoms with van der Waals surface area (Å²) in [4.78, 5) is 30.8. The van der Waals surface area contributed by atoms with Crippen LogP contribution < -0.4 is 4.74 Å². The van der Waals surface area contributed by atoms with Crippen LogP contribution in [0, 0.1) is 12.8 Å². The number of amides is 1. The van der Waals surface area contributed by atoms with Gasteiger partial charge in [0.15, 0.2) is 0 Å². The molecule has 6 rings (SSSR count). The summed E-state index contributed by atoms with van der Waals surface area (Å²) in [6, 6.07) is 9.29. The number of carbonyl (C=O) groups excluding carboxylic acids is 1. The molecule has 10 heteroatoms. The second-order valence-corrected chi connectivity index (χ2v) is 9.61. The van der Waals surface area contributed by atoms with E-state index in [-0.39, 0.29) is 11.8 Å². The molecule has 0 saturated carbocycles. The minimum absolute atomic E-state index is 0.186. The molecular weight excluding hydrogens is 478 g/mol. The SMILES string of the molecule is Cc1nc2ccc(Oc3ccc4ncc(-c5cnn(CC6CCN(C)C(=O)C6)c5)nc4c3Cl)cc2[nH]1. The zero-order chi connectivity index (χ0) is 24.8. The van der Waals surface area contributed by atoms with E-state index >= 15 is 0 Å². The first-order valence-corrected chi connectivity index (χ1v) is 12.2. The topological polar surface area (TPSA) is 102 Å². The highest BCUT2D eigenvalue weighted by Gasteiger charge is 2.24. The first-order chi connectivity index (χ1) is 17.4. The molecule has 1 N–H and O–H groups in total. The van der Waals surface area contributed by atoms with Crippen LogP contribution in [0.1, 0.15) is 18.7 Å². The lowest BCUT2D eigenvalue weighted by atomic mass is 9.97. The smallest absolute Gasteiger partial charge is 0.222 e. The normalized spacial score (nSPS) is 16.2. The number of nitrogens with one attached hydrogen (secondary N) is 1. The van der Waals surface area contributed by atoms with Crippen molar-refractivity contribution in [2.75, 3.05) is 13.6 Å². The van der Waals surface area contributed by atoms with Crippen LogP contribution in [0.25, 0.3) is 33.3 Å². The Morgan fingerprint density at radius 3 is 2.89 bits per heavy atom. The van der Waals surface area contributed by atoms with Gasteiger partial charge in [0.1, 0.15) is 27.9 Å². The maximum atomic E-state index is 12.0. The molecule has 5 aromatic rings. The highest BCUT2D eigenvalue weighted by Crippen LogP contribution is 2.35. The maximum absolute atomic E-state index is 12.0. The van der Waals surface area contributed by atoms with E-state index in [0.29, 0.717) is 46.2 Å². The summed E-state index contributed by atoms with van der Waals surface area (Å²) in [5.74, 6) is 2.45. The van der Waals surface area contributed by atoms with Gasteiger partial charge in [-0.3, -0.25) is 14.5 Å². The zero-order valence-electron chi connectivity index (χ0n) is 19.9. The predicted molar refractivity (Wildman–Crippen MR) is 137 cm³/mol. The quantitative estimate of drug-likeness (QED) is 0.364. The molecule has 3 aromatic heterocycles. The van der Waals surface area contributed by atoms with Gasteiger partial charge in [0.25, 0.3) is 0 Å². The number of benzene rings is 2. The van der Waals surface area contributed by atoms with Gasteiger partial charge in [-0.15, -0.1) is 0 Å². The van der Waals surface area contributed by atoms with Crippen molar-refractivity contribution in [3.8, 4) is 22.8 Å². The van der Waals surface area contributed by atoms with E-state index in [1.54, 1.807) is 23.4 Å². The molecule has 1 aliphatic heterocycles. The molecule has 0 radical (unpaired) electrons. The molecule has 1 saturated heterocycles. The highest BCUT2D eigenvalue weighted by molar-refractivity contribution is 6.36. The Hall–Kier alpha value is -3.98. The van der Waals surface area contributed by atoms with Crippen LogP contribution in [0.5, 0.6) is 11.5 Å². The lowest BCUT2D eigenvalue weighted by Crippen LogP contribution is -2.36. The molecule has 4 heterocycles. The third-order valence-electron chi connectivity index (χ3n) is 6.55. The van der Waals surface area contributed by atoms with Crippen LogP contribution in [0.3, 0.4) is 0 Å². The molecule has 1 aliphatic rings. The molecule has 9 nitrogen and oxygen atoms in total. The Labute approximate surface area is 212 Å². The molecule has 0 bridgehead atoms. The summed E-state index contributed by atoms with van der Waals surface area (Å²) in [5, 5.41) is 4.88. The number of rotatable bonds is 5. The van der Waals surface area contributed by atoms with Gasteiger partial charge < -0.3 is 14.6 Å². The van der Waals surface area contributed by atoms with Crippen LogP contribution in [0.4, 0.5) is 0 Å². The number of fused-ring (bicyclic) bond motifs is 2. The number of hydrogen-bond donors (Lipinski definition) is 1. The van der Waals surface area contributed by atoms with E-state index in [4.69, 9.17) is 21.3 Å². The number of ether oxygens (including phenoxy) is 1. The Bertz CT molecular complexity index is 1610. The van der Waals surface area contributed by atoms with Gasteiger partial charge in [0.05, 0.1) is 34.6 Å². The number of hydrogen-bond acceptors (Lipinski definition) is 6. The second-order valence-electron chi connectivity index (χ2n) is 9.23. The van der Waals surface area contributed by atoms with Crippen molar-refractivity contribution in [1.82, 2.24) is 34.6 Å². The summed E-state index contributed by atoms with van der Waals surface area (Å²) in [5.41, 5.74) is 4.51. The van der Waals surface area contributed by atoms with Gasteiger partial charge in [-0.1, -0.05) is 11.6 Å². The summed E-state index contributed by atoms with van der Waals surface area (Å²) in [6.45, 7) is 3.39. The van der Waals surface area contributed by atoms with Gasteiger partial charge in [-0.2, -0.15) is 5.10 Å². The Morgan fingerprint density at radius 2 is 2.03 bits per heavy atom. The fourth-order valence-electron chi connectivity index (χ4n) is 4.57. The fourth-order valence-corrected chi connectivity index (χ4v) is 4.81. The van der Waals surface area contributed by atoms with Gasteiger partial charge in [-0.05, 0) is 43.5 Å². The summed E-state index contributed by atoms with van der Waals surface area (Å²) in [7, 11) is 1.85. The van der Waals surface area contributed by atoms with Crippen molar-refractivity contribution in [2.45, 2.75) is 26.3 Å². The molecule has 182 valence electrons. The minimum atomic E-state index is 0.186. The minimum Gasteiger partial charge on any atom is -0.456 e. The van der Waals surface area contributed by atoms with Crippen LogP contribution in [0.2, 0.25) is 5.02 Å². The van der Waals surface area contributed by atoms with Crippen molar-refractivity contribution in [1.29, 1.82) is 0 Å². The monoisotopic (exact) mass is 501 g/mol. The molecule has 1 unspecified atom stereocenters. The summed E-state index contributed by atoms with van der Waals surface area (Å²) >= 11 is 6.73. The van der Waals surface area contributed by atoms with E-state index in [9.17, 15) is 4.79 Å². The molecule has 1 amide bonds. The third-order valence-corrected chi connectivity index (χ3v) is 6.92. The fraction of sp³-hybridized carbons (Fsp3) is 0.269. The molecule has 0 aliphatic carbocycles. The van der Waals surface area contributed by atoms with Crippen LogP contribution in [-0.2, 0) is 11.3 Å². The lowest BCUT2D eigenvalue weighted by Gasteiger charge is -2.28. The number of likely N-dealkylation sites (tertiary alicyclic amines) is 1. The van der Waals surface area contributed by atoms with Crippen molar-refractivity contribution in [3.05, 3.63) is 59.8 Å². The third kappa shape index (κ3) is 4.26. The van der Waals surface area contributed by atoms with Gasteiger partial charge >= 0.3 is 0 Å². The van der Waals surface area contributed by atoms with E-state index in [2.05, 4.69) is 20.1 Å². The standard InChI is InChI=1S/C26H24ClN7O2/c1-15-30-19-4-3-18(10-21(19)31-15)36-23-6-5-20-26(25(23)27)32-22(12-28-20)17-11-29-34(14-17)13-16-7-8-33(2)24(35)9-16/h3-6,10-12,14,16H,7-9,13H2,1-2H3,(H,30,31). The highest BCUT2D eigenvalue weighted by atomic mass is 35.5. The number of aromatic nitrogens is 6. The van der Waals surface area contributed by atoms with E-state index in [1.807, 2.05) is 49.1 Å². The number of carbonyl (C=O) groups is 1. The van der Waals surface area contributed by atoms with Crippen LogP contribution >= 0.6 is 11.6 Å².